The van der Waals surface area contributed by atoms with Crippen molar-refractivity contribution in [1.82, 2.24) is 4.98 Å². The van der Waals surface area contributed by atoms with Gasteiger partial charge >= 0.3 is 0 Å². The first-order valence-electron chi connectivity index (χ1n) is 8.38. The van der Waals surface area contributed by atoms with E-state index in [0.717, 1.165) is 33.4 Å². The molecule has 0 unspecified atom stereocenters. The maximum Gasteiger partial charge on any atom is 0.180 e. The SMILES string of the molecule is Cc1cc(N2CCS(=O)(=O)c3ccccc3C2)nc2c(C)cccc12. The van der Waals surface area contributed by atoms with Crippen LogP contribution < -0.4 is 4.90 Å². The van der Waals surface area contributed by atoms with Gasteiger partial charge in [-0.3, -0.25) is 0 Å². The van der Waals surface area contributed by atoms with E-state index in [0.29, 0.717) is 18.0 Å². The molecule has 2 heterocycles. The highest BCUT2D eigenvalue weighted by Crippen LogP contribution is 2.29. The number of benzene rings is 2. The molecule has 0 amide bonds. The molecule has 0 atom stereocenters. The molecule has 4 nitrogen and oxygen atoms in total. The van der Waals surface area contributed by atoms with E-state index in [1.807, 2.05) is 18.2 Å². The summed E-state index contributed by atoms with van der Waals surface area (Å²) in [6.45, 7) is 5.14. The maximum atomic E-state index is 12.6. The molecule has 25 heavy (non-hydrogen) atoms. The highest BCUT2D eigenvalue weighted by molar-refractivity contribution is 7.91. The summed E-state index contributed by atoms with van der Waals surface area (Å²) in [6.07, 6.45) is 0. The van der Waals surface area contributed by atoms with Crippen LogP contribution in [0.2, 0.25) is 0 Å². The number of para-hydroxylation sites is 1. The third-order valence-corrected chi connectivity index (χ3v) is 6.65. The Kier molecular flexibility index (Phi) is 3.76. The van der Waals surface area contributed by atoms with E-state index >= 15 is 0 Å². The minimum absolute atomic E-state index is 0.108. The second-order valence-electron chi connectivity index (χ2n) is 6.62. The first-order chi connectivity index (χ1) is 12.0. The van der Waals surface area contributed by atoms with E-state index in [9.17, 15) is 8.42 Å². The van der Waals surface area contributed by atoms with Gasteiger partial charge in [0.2, 0.25) is 0 Å². The molecule has 1 aliphatic heterocycles. The number of aromatic nitrogens is 1. The summed E-state index contributed by atoms with van der Waals surface area (Å²) in [4.78, 5) is 7.37. The predicted molar refractivity (Wildman–Crippen MR) is 101 cm³/mol. The molecule has 0 saturated heterocycles. The van der Waals surface area contributed by atoms with E-state index in [1.165, 1.54) is 0 Å². The number of nitrogens with zero attached hydrogens (tertiary/aromatic N) is 2. The maximum absolute atomic E-state index is 12.6. The van der Waals surface area contributed by atoms with Crippen LogP contribution in [0.1, 0.15) is 16.7 Å². The minimum atomic E-state index is -3.25. The lowest BCUT2D eigenvalue weighted by molar-refractivity contribution is 0.596. The van der Waals surface area contributed by atoms with Crippen LogP contribution in [0, 0.1) is 13.8 Å². The molecule has 0 spiro atoms. The van der Waals surface area contributed by atoms with Crippen molar-refractivity contribution in [3.63, 3.8) is 0 Å². The van der Waals surface area contributed by atoms with Gasteiger partial charge in [0.15, 0.2) is 9.84 Å². The Morgan fingerprint density at radius 3 is 2.64 bits per heavy atom. The fourth-order valence-electron chi connectivity index (χ4n) is 3.46. The van der Waals surface area contributed by atoms with Crippen LogP contribution in [0.15, 0.2) is 53.4 Å². The average molecular weight is 352 g/mol. The van der Waals surface area contributed by atoms with E-state index in [4.69, 9.17) is 4.98 Å². The Morgan fingerprint density at radius 2 is 1.80 bits per heavy atom. The monoisotopic (exact) mass is 352 g/mol. The molecule has 0 fully saturated rings. The Labute approximate surface area is 148 Å². The molecule has 0 aliphatic carbocycles. The number of pyridine rings is 1. The number of hydrogen-bond donors (Lipinski definition) is 0. The zero-order chi connectivity index (χ0) is 17.6. The predicted octanol–water partition coefficient (Wildman–Crippen LogP) is 3.65. The number of rotatable bonds is 1. The van der Waals surface area contributed by atoms with Gasteiger partial charge < -0.3 is 4.90 Å². The smallest absolute Gasteiger partial charge is 0.180 e. The van der Waals surface area contributed by atoms with Gasteiger partial charge in [0, 0.05) is 18.5 Å². The fraction of sp³-hybridized carbons (Fsp3) is 0.250. The van der Waals surface area contributed by atoms with Gasteiger partial charge in [-0.2, -0.15) is 0 Å². The molecule has 0 N–H and O–H groups in total. The van der Waals surface area contributed by atoms with Gasteiger partial charge in [-0.05, 0) is 42.7 Å². The van der Waals surface area contributed by atoms with Crippen molar-refractivity contribution in [2.45, 2.75) is 25.3 Å². The molecule has 4 rings (SSSR count). The van der Waals surface area contributed by atoms with Crippen molar-refractivity contribution in [2.75, 3.05) is 17.2 Å². The Hall–Kier alpha value is -2.40. The molecular weight excluding hydrogens is 332 g/mol. The summed E-state index contributed by atoms with van der Waals surface area (Å²) in [5.41, 5.74) is 4.11. The second-order valence-corrected chi connectivity index (χ2v) is 8.69. The van der Waals surface area contributed by atoms with Crippen LogP contribution >= 0.6 is 0 Å². The van der Waals surface area contributed by atoms with E-state index in [1.54, 1.807) is 12.1 Å². The first kappa shape index (κ1) is 16.1. The number of sulfone groups is 1. The molecule has 1 aromatic heterocycles. The highest BCUT2D eigenvalue weighted by atomic mass is 32.2. The largest absolute Gasteiger partial charge is 0.351 e. The van der Waals surface area contributed by atoms with Gasteiger partial charge in [0.05, 0.1) is 16.2 Å². The van der Waals surface area contributed by atoms with Crippen molar-refractivity contribution in [3.05, 3.63) is 65.2 Å². The second kappa shape index (κ2) is 5.85. The normalized spacial score (nSPS) is 16.5. The van der Waals surface area contributed by atoms with Crippen LogP contribution in [-0.2, 0) is 16.4 Å². The van der Waals surface area contributed by atoms with Crippen LogP contribution in [0.5, 0.6) is 0 Å². The highest BCUT2D eigenvalue weighted by Gasteiger charge is 2.26. The van der Waals surface area contributed by atoms with Gasteiger partial charge in [0.1, 0.15) is 5.82 Å². The molecule has 0 bridgehead atoms. The van der Waals surface area contributed by atoms with Crippen LogP contribution in [-0.4, -0.2) is 25.7 Å². The fourth-order valence-corrected chi connectivity index (χ4v) is 4.96. The van der Waals surface area contributed by atoms with Gasteiger partial charge in [-0.25, -0.2) is 13.4 Å². The zero-order valence-electron chi connectivity index (χ0n) is 14.4. The average Bonchev–Trinajstić information content (AvgIpc) is 2.72. The van der Waals surface area contributed by atoms with Crippen molar-refractivity contribution < 1.29 is 8.42 Å². The van der Waals surface area contributed by atoms with E-state index in [-0.39, 0.29) is 5.75 Å². The molecular formula is C20H20N2O2S. The lowest BCUT2D eigenvalue weighted by atomic mass is 10.1. The zero-order valence-corrected chi connectivity index (χ0v) is 15.2. The minimum Gasteiger partial charge on any atom is -0.351 e. The summed E-state index contributed by atoms with van der Waals surface area (Å²) in [5, 5.41) is 1.14. The molecule has 2 aromatic carbocycles. The Morgan fingerprint density at radius 1 is 1.00 bits per heavy atom. The van der Waals surface area contributed by atoms with Gasteiger partial charge in [0.25, 0.3) is 0 Å². The number of anilines is 1. The van der Waals surface area contributed by atoms with Crippen molar-refractivity contribution >= 4 is 26.6 Å². The van der Waals surface area contributed by atoms with Crippen molar-refractivity contribution in [1.29, 1.82) is 0 Å². The van der Waals surface area contributed by atoms with Crippen LogP contribution in [0.3, 0.4) is 0 Å². The lowest BCUT2D eigenvalue weighted by Gasteiger charge is -2.23. The standard InChI is InChI=1S/C20H20N2O2S/c1-14-6-5-8-17-15(2)12-19(21-20(14)17)22-10-11-25(23,24)18-9-4-3-7-16(18)13-22/h3-9,12H,10-11,13H2,1-2H3. The summed E-state index contributed by atoms with van der Waals surface area (Å²) >= 11 is 0. The number of fused-ring (bicyclic) bond motifs is 2. The van der Waals surface area contributed by atoms with Crippen molar-refractivity contribution in [2.24, 2.45) is 0 Å². The molecule has 5 heteroatoms. The lowest BCUT2D eigenvalue weighted by Crippen LogP contribution is -2.26. The molecule has 0 radical (unpaired) electrons. The Balaban J connectivity index is 1.84. The van der Waals surface area contributed by atoms with E-state index in [2.05, 4.69) is 36.9 Å². The first-order valence-corrected chi connectivity index (χ1v) is 10.0. The Bertz CT molecular complexity index is 1070. The summed E-state index contributed by atoms with van der Waals surface area (Å²) in [5.74, 6) is 0.947. The van der Waals surface area contributed by atoms with Gasteiger partial charge in [-0.1, -0.05) is 36.4 Å². The summed E-state index contributed by atoms with van der Waals surface area (Å²) in [7, 11) is -3.25. The molecule has 0 saturated carbocycles. The third kappa shape index (κ3) is 2.78. The summed E-state index contributed by atoms with van der Waals surface area (Å²) < 4.78 is 25.1. The number of hydrogen-bond acceptors (Lipinski definition) is 4. The molecule has 3 aromatic rings. The van der Waals surface area contributed by atoms with Gasteiger partial charge in [-0.15, -0.1) is 0 Å². The van der Waals surface area contributed by atoms with Crippen LogP contribution in [0.4, 0.5) is 5.82 Å². The summed E-state index contributed by atoms with van der Waals surface area (Å²) in [6, 6.07) is 15.5. The van der Waals surface area contributed by atoms with Crippen molar-refractivity contribution in [3.8, 4) is 0 Å². The number of aryl methyl sites for hydroxylation is 2. The molecule has 128 valence electrons. The molecule has 1 aliphatic rings. The quantitative estimate of drug-likeness (QED) is 0.671. The third-order valence-electron chi connectivity index (χ3n) is 4.86. The van der Waals surface area contributed by atoms with E-state index < -0.39 is 9.84 Å². The topological polar surface area (TPSA) is 50.3 Å². The van der Waals surface area contributed by atoms with Crippen LogP contribution in [0.25, 0.3) is 10.9 Å².